The van der Waals surface area contributed by atoms with E-state index in [9.17, 15) is 4.79 Å². The molecule has 1 amide bonds. The lowest BCUT2D eigenvalue weighted by atomic mass is 10.2. The number of nitrogens with zero attached hydrogens (tertiary/aromatic N) is 2. The first kappa shape index (κ1) is 13.6. The molecule has 3 heterocycles. The third kappa shape index (κ3) is 2.73. The van der Waals surface area contributed by atoms with Crippen LogP contribution in [0.1, 0.15) is 27.5 Å². The van der Waals surface area contributed by atoms with Crippen LogP contribution < -0.4 is 5.32 Å². The lowest BCUT2D eigenvalue weighted by molar-refractivity contribution is 0.0948. The van der Waals surface area contributed by atoms with Crippen molar-refractivity contribution in [3.05, 3.63) is 46.5 Å². The lowest BCUT2D eigenvalue weighted by Gasteiger charge is -2.01. The van der Waals surface area contributed by atoms with Gasteiger partial charge < -0.3 is 14.3 Å². The average molecular weight is 303 g/mol. The van der Waals surface area contributed by atoms with Crippen LogP contribution in [0.4, 0.5) is 0 Å². The van der Waals surface area contributed by atoms with Gasteiger partial charge in [-0.15, -0.1) is 11.3 Å². The molecule has 0 unspecified atom stereocenters. The molecule has 1 N–H and O–H groups in total. The fourth-order valence-corrected chi connectivity index (χ4v) is 2.62. The summed E-state index contributed by atoms with van der Waals surface area (Å²) in [5.41, 5.74) is 1.71. The van der Waals surface area contributed by atoms with Crippen LogP contribution in [0.15, 0.2) is 32.7 Å². The topological polar surface area (TPSA) is 81.2 Å². The number of hydrogen-bond donors (Lipinski definition) is 1. The summed E-state index contributed by atoms with van der Waals surface area (Å²) in [5.74, 6) is 0.836. The van der Waals surface area contributed by atoms with Gasteiger partial charge in [-0.05, 0) is 25.3 Å². The minimum atomic E-state index is -0.230. The number of aromatic nitrogens is 2. The molecule has 0 saturated carbocycles. The predicted octanol–water partition coefficient (Wildman–Crippen LogP) is 2.94. The molecular formula is C14H13N3O3S. The van der Waals surface area contributed by atoms with Crippen molar-refractivity contribution in [3.8, 4) is 10.8 Å². The standard InChI is InChI=1S/C14H13N3O3S/c1-8-12(9(2)20-17-8)13(18)15-6-10-7-19-14(16-10)11-4-3-5-21-11/h3-5,7H,6H2,1-2H3,(H,15,18). The Balaban J connectivity index is 1.67. The zero-order chi connectivity index (χ0) is 14.8. The van der Waals surface area contributed by atoms with E-state index in [-0.39, 0.29) is 12.5 Å². The SMILES string of the molecule is Cc1noc(C)c1C(=O)NCc1coc(-c2cccs2)n1. The van der Waals surface area contributed by atoms with Gasteiger partial charge in [-0.2, -0.15) is 0 Å². The molecule has 0 atom stereocenters. The van der Waals surface area contributed by atoms with Crippen molar-refractivity contribution in [2.45, 2.75) is 20.4 Å². The first-order chi connectivity index (χ1) is 10.1. The Labute approximate surface area is 124 Å². The van der Waals surface area contributed by atoms with Crippen molar-refractivity contribution in [2.75, 3.05) is 0 Å². The summed E-state index contributed by atoms with van der Waals surface area (Å²) in [4.78, 5) is 17.4. The summed E-state index contributed by atoms with van der Waals surface area (Å²) < 4.78 is 10.4. The molecule has 7 heteroatoms. The molecule has 0 spiro atoms. The van der Waals surface area contributed by atoms with Crippen molar-refractivity contribution >= 4 is 17.2 Å². The number of hydrogen-bond acceptors (Lipinski definition) is 6. The van der Waals surface area contributed by atoms with E-state index in [0.717, 1.165) is 4.88 Å². The Hall–Kier alpha value is -2.41. The fourth-order valence-electron chi connectivity index (χ4n) is 1.97. The number of amides is 1. The van der Waals surface area contributed by atoms with Gasteiger partial charge in [0.15, 0.2) is 0 Å². The number of thiophene rings is 1. The molecule has 0 fully saturated rings. The summed E-state index contributed by atoms with van der Waals surface area (Å²) in [5, 5.41) is 8.50. The third-order valence-corrected chi connectivity index (χ3v) is 3.83. The van der Waals surface area contributed by atoms with Gasteiger partial charge in [0, 0.05) is 0 Å². The molecule has 108 valence electrons. The van der Waals surface area contributed by atoms with E-state index < -0.39 is 0 Å². The molecule has 3 rings (SSSR count). The van der Waals surface area contributed by atoms with E-state index in [0.29, 0.717) is 28.6 Å². The van der Waals surface area contributed by atoms with Gasteiger partial charge in [-0.25, -0.2) is 4.98 Å². The molecule has 6 nitrogen and oxygen atoms in total. The Kier molecular flexibility index (Phi) is 3.57. The summed E-state index contributed by atoms with van der Waals surface area (Å²) in [6.45, 7) is 3.73. The van der Waals surface area contributed by atoms with Gasteiger partial charge >= 0.3 is 0 Å². The first-order valence-electron chi connectivity index (χ1n) is 6.34. The molecule has 0 bridgehead atoms. The van der Waals surface area contributed by atoms with Crippen molar-refractivity contribution in [2.24, 2.45) is 0 Å². The molecule has 0 aliphatic heterocycles. The van der Waals surface area contributed by atoms with E-state index in [2.05, 4.69) is 15.5 Å². The second-order valence-corrected chi connectivity index (χ2v) is 5.45. The van der Waals surface area contributed by atoms with Crippen molar-refractivity contribution in [1.82, 2.24) is 15.5 Å². The highest BCUT2D eigenvalue weighted by atomic mass is 32.1. The Bertz CT molecular complexity index is 739. The maximum absolute atomic E-state index is 12.1. The normalized spacial score (nSPS) is 10.8. The molecule has 3 aromatic rings. The average Bonchev–Trinajstić information content (AvgIpc) is 3.17. The van der Waals surface area contributed by atoms with E-state index in [1.54, 1.807) is 31.4 Å². The number of aryl methyl sites for hydroxylation is 2. The van der Waals surface area contributed by atoms with Gasteiger partial charge in [0.1, 0.15) is 17.6 Å². The van der Waals surface area contributed by atoms with Crippen LogP contribution in [0.5, 0.6) is 0 Å². The molecule has 3 aromatic heterocycles. The van der Waals surface area contributed by atoms with Crippen molar-refractivity contribution < 1.29 is 13.7 Å². The zero-order valence-electron chi connectivity index (χ0n) is 11.5. The molecule has 0 saturated heterocycles. The minimum Gasteiger partial charge on any atom is -0.443 e. The van der Waals surface area contributed by atoms with Crippen LogP contribution in [-0.2, 0) is 6.54 Å². The summed E-state index contributed by atoms with van der Waals surface area (Å²) >= 11 is 1.55. The second-order valence-electron chi connectivity index (χ2n) is 4.50. The van der Waals surface area contributed by atoms with Gasteiger partial charge in [-0.3, -0.25) is 4.79 Å². The smallest absolute Gasteiger partial charge is 0.257 e. The van der Waals surface area contributed by atoms with E-state index >= 15 is 0 Å². The van der Waals surface area contributed by atoms with Gasteiger partial charge in [0.2, 0.25) is 5.89 Å². The maximum atomic E-state index is 12.1. The van der Waals surface area contributed by atoms with Gasteiger partial charge in [-0.1, -0.05) is 11.2 Å². The van der Waals surface area contributed by atoms with Crippen LogP contribution in [-0.4, -0.2) is 16.0 Å². The Morgan fingerprint density at radius 2 is 2.29 bits per heavy atom. The van der Waals surface area contributed by atoms with Crippen molar-refractivity contribution in [3.63, 3.8) is 0 Å². The van der Waals surface area contributed by atoms with Crippen LogP contribution in [0.3, 0.4) is 0 Å². The molecule has 21 heavy (non-hydrogen) atoms. The summed E-state index contributed by atoms with van der Waals surface area (Å²) in [7, 11) is 0. The molecule has 0 aliphatic carbocycles. The van der Waals surface area contributed by atoms with E-state index in [4.69, 9.17) is 8.94 Å². The summed E-state index contributed by atoms with van der Waals surface area (Å²) in [6.07, 6.45) is 1.54. The third-order valence-electron chi connectivity index (χ3n) is 2.97. The van der Waals surface area contributed by atoms with E-state index in [1.165, 1.54) is 0 Å². The highest BCUT2D eigenvalue weighted by Gasteiger charge is 2.17. The Morgan fingerprint density at radius 3 is 2.95 bits per heavy atom. The quantitative estimate of drug-likeness (QED) is 0.801. The maximum Gasteiger partial charge on any atom is 0.257 e. The first-order valence-corrected chi connectivity index (χ1v) is 7.22. The second kappa shape index (κ2) is 5.53. The van der Waals surface area contributed by atoms with Gasteiger partial charge in [0.05, 0.1) is 22.8 Å². The zero-order valence-corrected chi connectivity index (χ0v) is 12.4. The molecule has 0 aliphatic rings. The number of rotatable bonds is 4. The molecule has 0 radical (unpaired) electrons. The number of carbonyl (C=O) groups excluding carboxylic acids is 1. The van der Waals surface area contributed by atoms with Crippen molar-refractivity contribution in [1.29, 1.82) is 0 Å². The molecule has 0 aromatic carbocycles. The van der Waals surface area contributed by atoms with Crippen LogP contribution in [0, 0.1) is 13.8 Å². The van der Waals surface area contributed by atoms with Crippen LogP contribution >= 0.6 is 11.3 Å². The van der Waals surface area contributed by atoms with Crippen LogP contribution in [0.2, 0.25) is 0 Å². The number of nitrogens with one attached hydrogen (secondary N) is 1. The highest BCUT2D eigenvalue weighted by Crippen LogP contribution is 2.23. The minimum absolute atomic E-state index is 0.230. The van der Waals surface area contributed by atoms with Gasteiger partial charge in [0.25, 0.3) is 5.91 Å². The lowest BCUT2D eigenvalue weighted by Crippen LogP contribution is -2.23. The monoisotopic (exact) mass is 303 g/mol. The fraction of sp³-hybridized carbons (Fsp3) is 0.214. The molecular weight excluding hydrogens is 290 g/mol. The highest BCUT2D eigenvalue weighted by molar-refractivity contribution is 7.13. The number of carbonyl (C=O) groups is 1. The largest absolute Gasteiger partial charge is 0.443 e. The van der Waals surface area contributed by atoms with E-state index in [1.807, 2.05) is 17.5 Å². The number of oxazole rings is 1. The Morgan fingerprint density at radius 1 is 1.43 bits per heavy atom. The van der Waals surface area contributed by atoms with Crippen LogP contribution in [0.25, 0.3) is 10.8 Å². The predicted molar refractivity (Wildman–Crippen MR) is 77.0 cm³/mol. The summed E-state index contributed by atoms with van der Waals surface area (Å²) in [6, 6.07) is 3.87.